The highest BCUT2D eigenvalue weighted by atomic mass is 35.5. The van der Waals surface area contributed by atoms with Gasteiger partial charge < -0.3 is 4.57 Å². The lowest BCUT2D eigenvalue weighted by molar-refractivity contribution is 0.617. The summed E-state index contributed by atoms with van der Waals surface area (Å²) in [5.74, 6) is 0.768. The maximum Gasteiger partial charge on any atom is 0.128 e. The lowest BCUT2D eigenvalue weighted by Gasteiger charge is -2.14. The topological polar surface area (TPSA) is 30.7 Å². The molecular formula is C14H13ClFN3S. The average molecular weight is 310 g/mol. The van der Waals surface area contributed by atoms with Gasteiger partial charge in [0.15, 0.2) is 0 Å². The fourth-order valence-corrected chi connectivity index (χ4v) is 3.22. The minimum Gasteiger partial charge on any atom is -0.317 e. The van der Waals surface area contributed by atoms with Gasteiger partial charge in [-0.05, 0) is 25.5 Å². The molecule has 0 spiro atoms. The fraction of sp³-hybridized carbons (Fsp3) is 0.286. The van der Waals surface area contributed by atoms with Crippen molar-refractivity contribution in [3.05, 3.63) is 45.9 Å². The zero-order valence-corrected chi connectivity index (χ0v) is 12.7. The van der Waals surface area contributed by atoms with Crippen LogP contribution >= 0.6 is 22.9 Å². The number of imidazole rings is 1. The molecule has 3 nitrogen and oxygen atoms in total. The second-order valence-corrected chi connectivity index (χ2v) is 5.86. The molecule has 2 heterocycles. The Labute approximate surface area is 125 Å². The minimum atomic E-state index is -0.245. The summed E-state index contributed by atoms with van der Waals surface area (Å²) >= 11 is 7.58. The van der Waals surface area contributed by atoms with E-state index in [2.05, 4.69) is 16.9 Å². The smallest absolute Gasteiger partial charge is 0.128 e. The Morgan fingerprint density at radius 2 is 2.25 bits per heavy atom. The summed E-state index contributed by atoms with van der Waals surface area (Å²) in [7, 11) is 0. The molecule has 1 unspecified atom stereocenters. The average Bonchev–Trinajstić information content (AvgIpc) is 3.06. The number of alkyl halides is 1. The number of aryl methyl sites for hydroxylation is 1. The van der Waals surface area contributed by atoms with Crippen LogP contribution in [0, 0.1) is 12.7 Å². The molecular weight excluding hydrogens is 297 g/mol. The molecule has 2 aromatic heterocycles. The van der Waals surface area contributed by atoms with Crippen molar-refractivity contribution >= 4 is 34.0 Å². The van der Waals surface area contributed by atoms with E-state index in [0.717, 1.165) is 16.3 Å². The van der Waals surface area contributed by atoms with Gasteiger partial charge in [-0.15, -0.1) is 22.9 Å². The van der Waals surface area contributed by atoms with Crippen LogP contribution in [0.25, 0.3) is 11.0 Å². The van der Waals surface area contributed by atoms with E-state index in [9.17, 15) is 4.39 Å². The molecule has 0 bridgehead atoms. The van der Waals surface area contributed by atoms with Crippen molar-refractivity contribution in [2.24, 2.45) is 0 Å². The number of thiazole rings is 1. The lowest BCUT2D eigenvalue weighted by atomic mass is 10.2. The van der Waals surface area contributed by atoms with Crippen molar-refractivity contribution in [3.63, 3.8) is 0 Å². The van der Waals surface area contributed by atoms with Gasteiger partial charge in [0.05, 0.1) is 23.0 Å². The molecule has 0 aliphatic heterocycles. The highest BCUT2D eigenvalue weighted by Gasteiger charge is 2.19. The van der Waals surface area contributed by atoms with Gasteiger partial charge in [0.2, 0.25) is 0 Å². The molecule has 1 atom stereocenters. The van der Waals surface area contributed by atoms with Crippen LogP contribution in [0.4, 0.5) is 4.39 Å². The normalized spacial score (nSPS) is 13.0. The van der Waals surface area contributed by atoms with Crippen molar-refractivity contribution < 1.29 is 4.39 Å². The summed E-state index contributed by atoms with van der Waals surface area (Å²) in [4.78, 5) is 8.78. The molecule has 0 aliphatic carbocycles. The molecule has 0 amide bonds. The lowest BCUT2D eigenvalue weighted by Crippen LogP contribution is -2.09. The predicted octanol–water partition coefficient (Wildman–Crippen LogP) is 4.29. The van der Waals surface area contributed by atoms with E-state index in [-0.39, 0.29) is 17.7 Å². The van der Waals surface area contributed by atoms with Gasteiger partial charge in [-0.3, -0.25) is 0 Å². The highest BCUT2D eigenvalue weighted by molar-refractivity contribution is 7.09. The number of benzene rings is 1. The van der Waals surface area contributed by atoms with E-state index >= 15 is 0 Å². The second-order valence-electron chi connectivity index (χ2n) is 4.67. The summed E-state index contributed by atoms with van der Waals surface area (Å²) < 4.78 is 15.7. The molecule has 0 N–H and O–H groups in total. The molecule has 3 aromatic rings. The van der Waals surface area contributed by atoms with Gasteiger partial charge in [-0.25, -0.2) is 14.4 Å². The monoisotopic (exact) mass is 309 g/mol. The molecule has 3 rings (SSSR count). The van der Waals surface area contributed by atoms with Crippen LogP contribution in [0.2, 0.25) is 0 Å². The summed E-state index contributed by atoms with van der Waals surface area (Å²) in [6, 6.07) is 3.31. The third kappa shape index (κ3) is 2.11. The summed E-state index contributed by atoms with van der Waals surface area (Å²) in [6.45, 7) is 3.80. The molecule has 0 saturated carbocycles. The SMILES string of the molecule is Cc1cc2c(cc1F)nc(CCl)n2C(C)c1nccs1. The first-order chi connectivity index (χ1) is 9.61. The van der Waals surface area contributed by atoms with Gasteiger partial charge in [0.1, 0.15) is 16.6 Å². The maximum atomic E-state index is 13.7. The van der Waals surface area contributed by atoms with Crippen LogP contribution in [0.1, 0.15) is 29.4 Å². The Hall–Kier alpha value is -1.46. The van der Waals surface area contributed by atoms with Crippen LogP contribution in [0.15, 0.2) is 23.7 Å². The fourth-order valence-electron chi connectivity index (χ4n) is 2.35. The van der Waals surface area contributed by atoms with Crippen LogP contribution < -0.4 is 0 Å². The molecule has 0 saturated heterocycles. The molecule has 0 radical (unpaired) electrons. The van der Waals surface area contributed by atoms with Crippen molar-refractivity contribution in [2.45, 2.75) is 25.8 Å². The zero-order chi connectivity index (χ0) is 14.3. The van der Waals surface area contributed by atoms with Crippen LogP contribution in [-0.2, 0) is 5.88 Å². The zero-order valence-electron chi connectivity index (χ0n) is 11.1. The molecule has 104 valence electrons. The quantitative estimate of drug-likeness (QED) is 0.676. The van der Waals surface area contributed by atoms with Crippen molar-refractivity contribution in [1.29, 1.82) is 0 Å². The number of aromatic nitrogens is 3. The van der Waals surface area contributed by atoms with Crippen molar-refractivity contribution in [1.82, 2.24) is 14.5 Å². The van der Waals surface area contributed by atoms with E-state index in [1.807, 2.05) is 16.0 Å². The molecule has 20 heavy (non-hydrogen) atoms. The van der Waals surface area contributed by atoms with Gasteiger partial charge >= 0.3 is 0 Å². The van der Waals surface area contributed by atoms with Gasteiger partial charge in [0.25, 0.3) is 0 Å². The van der Waals surface area contributed by atoms with Gasteiger partial charge in [-0.1, -0.05) is 0 Å². The molecule has 0 aliphatic rings. The summed E-state index contributed by atoms with van der Waals surface area (Å²) in [5.41, 5.74) is 2.13. The Bertz CT molecular complexity index is 751. The standard InChI is InChI=1S/C14H13ClFN3S/c1-8-5-12-11(6-10(8)16)18-13(7-15)19(12)9(2)14-17-3-4-20-14/h3-6,9H,7H2,1-2H3. The largest absolute Gasteiger partial charge is 0.317 e. The highest BCUT2D eigenvalue weighted by Crippen LogP contribution is 2.29. The van der Waals surface area contributed by atoms with Crippen molar-refractivity contribution in [3.8, 4) is 0 Å². The number of hydrogen-bond donors (Lipinski definition) is 0. The first kappa shape index (κ1) is 13.5. The third-order valence-electron chi connectivity index (χ3n) is 3.36. The number of rotatable bonds is 3. The minimum absolute atomic E-state index is 0.0265. The van der Waals surface area contributed by atoms with E-state index in [0.29, 0.717) is 11.1 Å². The number of nitrogens with zero attached hydrogens (tertiary/aromatic N) is 3. The number of halogens is 2. The number of fused-ring (bicyclic) bond motifs is 1. The Morgan fingerprint density at radius 3 is 2.90 bits per heavy atom. The molecule has 6 heteroatoms. The van der Waals surface area contributed by atoms with E-state index < -0.39 is 0 Å². The molecule has 0 fully saturated rings. The summed E-state index contributed by atoms with van der Waals surface area (Å²) in [5, 5.41) is 2.92. The number of hydrogen-bond acceptors (Lipinski definition) is 3. The first-order valence-electron chi connectivity index (χ1n) is 6.24. The third-order valence-corrected chi connectivity index (χ3v) is 4.54. The first-order valence-corrected chi connectivity index (χ1v) is 7.65. The molecule has 1 aromatic carbocycles. The summed E-state index contributed by atoms with van der Waals surface area (Å²) in [6.07, 6.45) is 1.78. The second kappa shape index (κ2) is 5.14. The van der Waals surface area contributed by atoms with Crippen LogP contribution in [-0.4, -0.2) is 14.5 Å². The Morgan fingerprint density at radius 1 is 1.45 bits per heavy atom. The van der Waals surface area contributed by atoms with Crippen molar-refractivity contribution in [2.75, 3.05) is 0 Å². The van der Waals surface area contributed by atoms with E-state index in [4.69, 9.17) is 11.6 Å². The van der Waals surface area contributed by atoms with E-state index in [1.54, 1.807) is 24.5 Å². The van der Waals surface area contributed by atoms with Crippen LogP contribution in [0.5, 0.6) is 0 Å². The van der Waals surface area contributed by atoms with E-state index in [1.165, 1.54) is 6.07 Å². The van der Waals surface area contributed by atoms with Crippen LogP contribution in [0.3, 0.4) is 0 Å². The Balaban J connectivity index is 2.25. The Kier molecular flexibility index (Phi) is 3.48. The van der Waals surface area contributed by atoms with Gasteiger partial charge in [-0.2, -0.15) is 0 Å². The van der Waals surface area contributed by atoms with Gasteiger partial charge in [0, 0.05) is 17.6 Å². The predicted molar refractivity (Wildman–Crippen MR) is 79.9 cm³/mol. The maximum absolute atomic E-state index is 13.7.